The summed E-state index contributed by atoms with van der Waals surface area (Å²) in [5, 5.41) is 3.37. The van der Waals surface area contributed by atoms with Crippen molar-refractivity contribution >= 4 is 18.8 Å². The molecule has 1 aromatic heterocycles. The van der Waals surface area contributed by atoms with E-state index in [-0.39, 0.29) is 11.0 Å². The van der Waals surface area contributed by atoms with Crippen molar-refractivity contribution < 1.29 is 14.4 Å². The SMILES string of the molecule is CCC1(CC)CCc2ccc(P(=O)(O)O)nc2N1. The lowest BCUT2D eigenvalue weighted by molar-refractivity contribution is 0.383. The molecule has 0 aliphatic carbocycles. The Morgan fingerprint density at radius 3 is 2.61 bits per heavy atom. The third-order valence-corrected chi connectivity index (χ3v) is 4.72. The van der Waals surface area contributed by atoms with Crippen LogP contribution < -0.4 is 10.8 Å². The summed E-state index contributed by atoms with van der Waals surface area (Å²) in [5.74, 6) is 0.630. The molecule has 0 saturated heterocycles. The average molecular weight is 270 g/mol. The van der Waals surface area contributed by atoms with Gasteiger partial charge in [-0.2, -0.15) is 0 Å². The summed E-state index contributed by atoms with van der Waals surface area (Å²) in [6.45, 7) is 4.24. The van der Waals surface area contributed by atoms with E-state index in [9.17, 15) is 4.57 Å². The first-order valence-electron chi connectivity index (χ1n) is 6.24. The maximum absolute atomic E-state index is 11.2. The molecule has 6 heteroatoms. The minimum atomic E-state index is -4.27. The van der Waals surface area contributed by atoms with Gasteiger partial charge in [0.1, 0.15) is 5.82 Å². The molecule has 2 rings (SSSR count). The normalized spacial score (nSPS) is 18.0. The third-order valence-electron chi connectivity index (χ3n) is 3.87. The number of hydrogen-bond acceptors (Lipinski definition) is 3. The third kappa shape index (κ3) is 2.44. The topological polar surface area (TPSA) is 82.5 Å². The molecule has 0 fully saturated rings. The number of pyridine rings is 1. The van der Waals surface area contributed by atoms with Gasteiger partial charge in [0.05, 0.1) is 0 Å². The van der Waals surface area contributed by atoms with Gasteiger partial charge in [-0.1, -0.05) is 19.9 Å². The molecule has 0 atom stereocenters. The highest BCUT2D eigenvalue weighted by atomic mass is 31.2. The Bertz CT molecular complexity index is 494. The molecule has 3 N–H and O–H groups in total. The fraction of sp³-hybridized carbons (Fsp3) is 0.583. The Balaban J connectivity index is 2.39. The van der Waals surface area contributed by atoms with Crippen LogP contribution in [-0.4, -0.2) is 20.3 Å². The van der Waals surface area contributed by atoms with Crippen LogP contribution >= 0.6 is 7.60 Å². The number of rotatable bonds is 3. The van der Waals surface area contributed by atoms with Crippen LogP contribution in [0.25, 0.3) is 0 Å². The summed E-state index contributed by atoms with van der Waals surface area (Å²) < 4.78 is 11.2. The van der Waals surface area contributed by atoms with Gasteiger partial charge in [-0.3, -0.25) is 4.57 Å². The largest absolute Gasteiger partial charge is 0.374 e. The zero-order valence-electron chi connectivity index (χ0n) is 10.7. The first kappa shape index (κ1) is 13.5. The van der Waals surface area contributed by atoms with Gasteiger partial charge in [0.2, 0.25) is 0 Å². The van der Waals surface area contributed by atoms with Crippen molar-refractivity contribution in [3.8, 4) is 0 Å². The molecule has 1 aliphatic rings. The highest BCUT2D eigenvalue weighted by Crippen LogP contribution is 2.37. The minimum absolute atomic E-state index is 0.00746. The maximum Gasteiger partial charge on any atom is 0.374 e. The second-order valence-corrected chi connectivity index (χ2v) is 6.38. The summed E-state index contributed by atoms with van der Waals surface area (Å²) in [6, 6.07) is 3.19. The highest BCUT2D eigenvalue weighted by Gasteiger charge is 2.32. The molecule has 0 bridgehead atoms. The predicted octanol–water partition coefficient (Wildman–Crippen LogP) is 1.80. The molecule has 0 saturated carbocycles. The maximum atomic E-state index is 11.2. The number of aryl methyl sites for hydroxylation is 1. The van der Waals surface area contributed by atoms with Crippen LogP contribution in [0.5, 0.6) is 0 Å². The van der Waals surface area contributed by atoms with Crippen molar-refractivity contribution in [1.82, 2.24) is 4.98 Å². The fourth-order valence-electron chi connectivity index (χ4n) is 2.42. The lowest BCUT2D eigenvalue weighted by atomic mass is 9.83. The van der Waals surface area contributed by atoms with Crippen molar-refractivity contribution in [2.75, 3.05) is 5.32 Å². The van der Waals surface area contributed by atoms with E-state index in [1.807, 2.05) is 0 Å². The van der Waals surface area contributed by atoms with Crippen molar-refractivity contribution in [3.63, 3.8) is 0 Å². The second-order valence-electron chi connectivity index (χ2n) is 4.83. The number of hydrogen-bond donors (Lipinski definition) is 3. The Morgan fingerprint density at radius 1 is 1.39 bits per heavy atom. The first-order chi connectivity index (χ1) is 8.40. The van der Waals surface area contributed by atoms with Gasteiger partial charge in [0.15, 0.2) is 5.44 Å². The molecule has 0 unspecified atom stereocenters. The first-order valence-corrected chi connectivity index (χ1v) is 7.85. The van der Waals surface area contributed by atoms with E-state index >= 15 is 0 Å². The molecule has 0 aromatic carbocycles. The lowest BCUT2D eigenvalue weighted by Crippen LogP contribution is -2.41. The van der Waals surface area contributed by atoms with Crippen LogP contribution in [0.3, 0.4) is 0 Å². The Morgan fingerprint density at radius 2 is 2.06 bits per heavy atom. The Labute approximate surface area is 107 Å². The number of aromatic nitrogens is 1. The molecule has 1 aromatic rings. The van der Waals surface area contributed by atoms with Crippen LogP contribution in [0, 0.1) is 0 Å². The Hall–Kier alpha value is -0.900. The van der Waals surface area contributed by atoms with Crippen LogP contribution in [0.15, 0.2) is 12.1 Å². The standard InChI is InChI=1S/C12H19N2O3P/c1-3-12(4-2)8-7-9-5-6-10(18(15,16)17)13-11(9)14-12/h5-6H,3-4,7-8H2,1-2H3,(H,13,14)(H2,15,16,17). The van der Waals surface area contributed by atoms with Crippen molar-refractivity contribution in [2.24, 2.45) is 0 Å². The van der Waals surface area contributed by atoms with Gasteiger partial charge in [0.25, 0.3) is 0 Å². The molecular weight excluding hydrogens is 251 g/mol. The van der Waals surface area contributed by atoms with Gasteiger partial charge >= 0.3 is 7.60 Å². The number of nitrogens with zero attached hydrogens (tertiary/aromatic N) is 1. The van der Waals surface area contributed by atoms with Gasteiger partial charge in [-0.15, -0.1) is 0 Å². The van der Waals surface area contributed by atoms with E-state index in [4.69, 9.17) is 9.79 Å². The summed E-state index contributed by atoms with van der Waals surface area (Å²) in [6.07, 6.45) is 3.89. The van der Waals surface area contributed by atoms with E-state index in [1.54, 1.807) is 6.07 Å². The predicted molar refractivity (Wildman–Crippen MR) is 71.2 cm³/mol. The van der Waals surface area contributed by atoms with E-state index in [0.717, 1.165) is 31.2 Å². The molecule has 0 spiro atoms. The summed E-state index contributed by atoms with van der Waals surface area (Å²) >= 11 is 0. The van der Waals surface area contributed by atoms with Crippen LogP contribution in [0.4, 0.5) is 5.82 Å². The van der Waals surface area contributed by atoms with Crippen molar-refractivity contribution in [1.29, 1.82) is 0 Å². The van der Waals surface area contributed by atoms with E-state index < -0.39 is 7.60 Å². The van der Waals surface area contributed by atoms with E-state index in [0.29, 0.717) is 5.82 Å². The monoisotopic (exact) mass is 270 g/mol. The quantitative estimate of drug-likeness (QED) is 0.729. The van der Waals surface area contributed by atoms with Crippen molar-refractivity contribution in [3.05, 3.63) is 17.7 Å². The smallest absolute Gasteiger partial charge is 0.364 e. The highest BCUT2D eigenvalue weighted by molar-refractivity contribution is 7.60. The number of nitrogens with one attached hydrogen (secondary N) is 1. The van der Waals surface area contributed by atoms with Crippen LogP contribution in [0.2, 0.25) is 0 Å². The minimum Gasteiger partial charge on any atom is -0.364 e. The molecule has 2 heterocycles. The average Bonchev–Trinajstić information content (AvgIpc) is 2.36. The van der Waals surface area contributed by atoms with Gasteiger partial charge in [-0.25, -0.2) is 4.98 Å². The summed E-state index contributed by atoms with van der Waals surface area (Å²) in [7, 11) is -4.27. The molecule has 0 amide bonds. The van der Waals surface area contributed by atoms with Crippen molar-refractivity contribution in [2.45, 2.75) is 45.1 Å². The number of fused-ring (bicyclic) bond motifs is 1. The molecule has 1 aliphatic heterocycles. The molecule has 0 radical (unpaired) electrons. The van der Waals surface area contributed by atoms with E-state index in [1.165, 1.54) is 6.07 Å². The fourth-order valence-corrected chi connectivity index (χ4v) is 2.92. The number of anilines is 1. The van der Waals surface area contributed by atoms with Gasteiger partial charge < -0.3 is 15.1 Å². The molecule has 5 nitrogen and oxygen atoms in total. The van der Waals surface area contributed by atoms with Gasteiger partial charge in [-0.05, 0) is 37.3 Å². The van der Waals surface area contributed by atoms with Crippen LogP contribution in [0.1, 0.15) is 38.7 Å². The van der Waals surface area contributed by atoms with Crippen LogP contribution in [-0.2, 0) is 11.0 Å². The second kappa shape index (κ2) is 4.65. The molecular formula is C12H19N2O3P. The van der Waals surface area contributed by atoms with E-state index in [2.05, 4.69) is 24.1 Å². The summed E-state index contributed by atoms with van der Waals surface area (Å²) in [5.41, 5.74) is 0.884. The zero-order valence-corrected chi connectivity index (χ0v) is 11.6. The molecule has 18 heavy (non-hydrogen) atoms. The summed E-state index contributed by atoms with van der Waals surface area (Å²) in [4.78, 5) is 22.4. The lowest BCUT2D eigenvalue weighted by Gasteiger charge is -2.38. The zero-order chi connectivity index (χ0) is 13.4. The Kier molecular flexibility index (Phi) is 3.49. The molecule has 100 valence electrons. The van der Waals surface area contributed by atoms with Gasteiger partial charge in [0, 0.05) is 5.54 Å².